The van der Waals surface area contributed by atoms with E-state index < -0.39 is 0 Å². The molecule has 1 N–H and O–H groups in total. The topological polar surface area (TPSA) is 35.6 Å². The van der Waals surface area contributed by atoms with Crippen LogP contribution in [0, 0.1) is 23.2 Å². The molecular weight excluding hydrogens is 370 g/mol. The van der Waals surface area contributed by atoms with E-state index >= 15 is 0 Å². The summed E-state index contributed by atoms with van der Waals surface area (Å²) in [5, 5.41) is 3.72. The highest BCUT2D eigenvalue weighted by atomic mass is 16.2. The highest BCUT2D eigenvalue weighted by Crippen LogP contribution is 2.65. The largest absolute Gasteiger partial charge is 0.350 e. The molecule has 0 radical (unpaired) electrons. The average Bonchev–Trinajstić information content (AvgIpc) is 3.19. The first-order valence-corrected chi connectivity index (χ1v) is 13.3. The predicted octanol–water partition coefficient (Wildman–Crippen LogP) is 4.19. The molecule has 0 aromatic heterocycles. The fraction of sp³-hybridized carbons (Fsp3) is 0.962. The van der Waals surface area contributed by atoms with Crippen LogP contribution in [0.5, 0.6) is 0 Å². The van der Waals surface area contributed by atoms with Gasteiger partial charge in [-0.2, -0.15) is 0 Å². The highest BCUT2D eigenvalue weighted by Gasteiger charge is 2.60. The molecule has 6 atom stereocenters. The van der Waals surface area contributed by atoms with Crippen LogP contribution in [0.15, 0.2) is 0 Å². The summed E-state index contributed by atoms with van der Waals surface area (Å²) in [6.07, 6.45) is 18.2. The molecule has 2 saturated heterocycles. The molecule has 7 fully saturated rings. The van der Waals surface area contributed by atoms with Gasteiger partial charge in [-0.3, -0.25) is 14.6 Å². The standard InChI is InChI=1S/C26H43N3O/c1-19-23-8-5-9-28(23)10-11-29(19)17-24(30)27-26-15-20-12-21(16-26)14-25(13-20,18-26)22-6-3-2-4-7-22/h19-23H,2-18H2,1H3,(H,27,30)/t19-,20-,21+,23?,25?,26?/m0/s1. The molecule has 0 aromatic rings. The van der Waals surface area contributed by atoms with Crippen LogP contribution < -0.4 is 5.32 Å². The summed E-state index contributed by atoms with van der Waals surface area (Å²) in [7, 11) is 0. The summed E-state index contributed by atoms with van der Waals surface area (Å²) in [6.45, 7) is 6.47. The second-order valence-corrected chi connectivity index (χ2v) is 12.4. The number of nitrogens with zero attached hydrogens (tertiary/aromatic N) is 2. The summed E-state index contributed by atoms with van der Waals surface area (Å²) >= 11 is 0. The molecular formula is C26H43N3O. The molecule has 0 spiro atoms. The zero-order valence-corrected chi connectivity index (χ0v) is 19.2. The summed E-state index contributed by atoms with van der Waals surface area (Å²) < 4.78 is 0. The van der Waals surface area contributed by atoms with E-state index in [1.165, 1.54) is 90.0 Å². The maximum atomic E-state index is 13.3. The van der Waals surface area contributed by atoms with Gasteiger partial charge in [0.2, 0.25) is 5.91 Å². The number of carbonyl (C=O) groups is 1. The van der Waals surface area contributed by atoms with E-state index in [2.05, 4.69) is 22.0 Å². The smallest absolute Gasteiger partial charge is 0.234 e. The van der Waals surface area contributed by atoms with Gasteiger partial charge in [0.15, 0.2) is 0 Å². The van der Waals surface area contributed by atoms with E-state index in [4.69, 9.17) is 0 Å². The summed E-state index contributed by atoms with van der Waals surface area (Å²) in [5.74, 6) is 3.04. The second-order valence-electron chi connectivity index (χ2n) is 12.4. The maximum absolute atomic E-state index is 13.3. The van der Waals surface area contributed by atoms with Gasteiger partial charge in [0.25, 0.3) is 0 Å². The highest BCUT2D eigenvalue weighted by molar-refractivity contribution is 5.79. The summed E-state index contributed by atoms with van der Waals surface area (Å²) in [6, 6.07) is 1.21. The lowest BCUT2D eigenvalue weighted by molar-refractivity contribution is -0.140. The van der Waals surface area contributed by atoms with Crippen molar-refractivity contribution >= 4 is 5.91 Å². The first kappa shape index (κ1) is 20.0. The number of hydrogen-bond donors (Lipinski definition) is 1. The Hall–Kier alpha value is -0.610. The fourth-order valence-corrected chi connectivity index (χ4v) is 9.79. The maximum Gasteiger partial charge on any atom is 0.234 e. The molecule has 3 unspecified atom stereocenters. The minimum absolute atomic E-state index is 0.136. The summed E-state index contributed by atoms with van der Waals surface area (Å²) in [4.78, 5) is 18.5. The quantitative estimate of drug-likeness (QED) is 0.751. The van der Waals surface area contributed by atoms with Crippen LogP contribution in [-0.2, 0) is 4.79 Å². The van der Waals surface area contributed by atoms with Gasteiger partial charge in [-0.25, -0.2) is 0 Å². The third-order valence-corrected chi connectivity index (χ3v) is 10.6. The SMILES string of the molecule is C[C@H]1C2CCCN2CCN1CC(=O)NC12C[C@H]3C[C@@H](C1)CC(C1CCCCC1)(C3)C2. The van der Waals surface area contributed by atoms with Crippen molar-refractivity contribution in [1.82, 2.24) is 15.1 Å². The molecule has 5 aliphatic carbocycles. The molecule has 2 aliphatic heterocycles. The van der Waals surface area contributed by atoms with E-state index in [-0.39, 0.29) is 5.54 Å². The van der Waals surface area contributed by atoms with Crippen molar-refractivity contribution < 1.29 is 4.79 Å². The minimum Gasteiger partial charge on any atom is -0.350 e. The third-order valence-electron chi connectivity index (χ3n) is 10.6. The first-order valence-electron chi connectivity index (χ1n) is 13.3. The van der Waals surface area contributed by atoms with E-state index in [0.29, 0.717) is 30.0 Å². The first-order chi connectivity index (χ1) is 14.5. The molecule has 7 aliphatic rings. The van der Waals surface area contributed by atoms with Gasteiger partial charge in [-0.15, -0.1) is 0 Å². The number of amides is 1. The van der Waals surface area contributed by atoms with Crippen molar-refractivity contribution in [2.75, 3.05) is 26.2 Å². The Morgan fingerprint density at radius 2 is 1.70 bits per heavy atom. The molecule has 1 amide bonds. The van der Waals surface area contributed by atoms with Crippen molar-refractivity contribution in [3.63, 3.8) is 0 Å². The van der Waals surface area contributed by atoms with Crippen LogP contribution >= 0.6 is 0 Å². The number of carbonyl (C=O) groups excluding carboxylic acids is 1. The number of hydrogen-bond acceptors (Lipinski definition) is 3. The van der Waals surface area contributed by atoms with Gasteiger partial charge in [-0.1, -0.05) is 19.3 Å². The normalized spacial score (nSPS) is 46.8. The van der Waals surface area contributed by atoms with Gasteiger partial charge >= 0.3 is 0 Å². The Kier molecular flexibility index (Phi) is 4.99. The lowest BCUT2D eigenvalue weighted by Crippen LogP contribution is -2.66. The molecule has 2 heterocycles. The predicted molar refractivity (Wildman–Crippen MR) is 120 cm³/mol. The van der Waals surface area contributed by atoms with Gasteiger partial charge < -0.3 is 5.32 Å². The number of rotatable bonds is 4. The van der Waals surface area contributed by atoms with Crippen LogP contribution in [0.1, 0.15) is 90.4 Å². The van der Waals surface area contributed by atoms with E-state index in [1.54, 1.807) is 0 Å². The molecule has 4 nitrogen and oxygen atoms in total. The van der Waals surface area contributed by atoms with E-state index in [9.17, 15) is 4.79 Å². The monoisotopic (exact) mass is 413 g/mol. The van der Waals surface area contributed by atoms with Crippen LogP contribution in [0.3, 0.4) is 0 Å². The zero-order valence-electron chi connectivity index (χ0n) is 19.2. The number of piperazine rings is 1. The Bertz CT molecular complexity index is 657. The lowest BCUT2D eigenvalue weighted by Gasteiger charge is -2.65. The van der Waals surface area contributed by atoms with Crippen LogP contribution in [0.4, 0.5) is 0 Å². The van der Waals surface area contributed by atoms with Crippen LogP contribution in [0.2, 0.25) is 0 Å². The van der Waals surface area contributed by atoms with Gasteiger partial charge in [-0.05, 0) is 101 Å². The Morgan fingerprint density at radius 3 is 2.47 bits per heavy atom. The van der Waals surface area contributed by atoms with Crippen molar-refractivity contribution in [2.45, 2.75) is 108 Å². The summed E-state index contributed by atoms with van der Waals surface area (Å²) in [5.41, 5.74) is 0.706. The van der Waals surface area contributed by atoms with Crippen molar-refractivity contribution in [2.24, 2.45) is 23.2 Å². The third kappa shape index (κ3) is 3.36. The Morgan fingerprint density at radius 1 is 0.933 bits per heavy atom. The number of fused-ring (bicyclic) bond motifs is 1. The van der Waals surface area contributed by atoms with Gasteiger partial charge in [0.05, 0.1) is 6.54 Å². The lowest BCUT2D eigenvalue weighted by atomic mass is 9.43. The fourth-order valence-electron chi connectivity index (χ4n) is 9.79. The minimum atomic E-state index is 0.136. The van der Waals surface area contributed by atoms with Crippen molar-refractivity contribution in [1.29, 1.82) is 0 Å². The van der Waals surface area contributed by atoms with Gasteiger partial charge in [0, 0.05) is 30.7 Å². The second kappa shape index (κ2) is 7.47. The molecule has 4 bridgehead atoms. The van der Waals surface area contributed by atoms with E-state index in [0.717, 1.165) is 30.8 Å². The molecule has 4 heteroatoms. The van der Waals surface area contributed by atoms with Crippen LogP contribution in [-0.4, -0.2) is 59.5 Å². The zero-order chi connectivity index (χ0) is 20.3. The average molecular weight is 414 g/mol. The Labute approximate surface area is 183 Å². The van der Waals surface area contributed by atoms with Gasteiger partial charge in [0.1, 0.15) is 0 Å². The molecule has 0 aromatic carbocycles. The molecule has 30 heavy (non-hydrogen) atoms. The van der Waals surface area contributed by atoms with Crippen LogP contribution in [0.25, 0.3) is 0 Å². The van der Waals surface area contributed by atoms with Crippen molar-refractivity contribution in [3.8, 4) is 0 Å². The molecule has 168 valence electrons. The van der Waals surface area contributed by atoms with E-state index in [1.807, 2.05) is 0 Å². The number of nitrogens with one attached hydrogen (secondary N) is 1. The Balaban J connectivity index is 1.14. The van der Waals surface area contributed by atoms with Crippen molar-refractivity contribution in [3.05, 3.63) is 0 Å². The molecule has 5 saturated carbocycles. The molecule has 7 rings (SSSR count).